The van der Waals surface area contributed by atoms with Crippen LogP contribution in [0.2, 0.25) is 0 Å². The maximum atomic E-state index is 11.2. The van der Waals surface area contributed by atoms with E-state index in [-0.39, 0.29) is 11.9 Å². The summed E-state index contributed by atoms with van der Waals surface area (Å²) in [5.41, 5.74) is 0.996. The zero-order chi connectivity index (χ0) is 10.4. The van der Waals surface area contributed by atoms with Crippen LogP contribution in [-0.4, -0.2) is 16.8 Å². The fourth-order valence-corrected chi connectivity index (χ4v) is 1.29. The Morgan fingerprint density at radius 1 is 1.71 bits per heavy atom. The van der Waals surface area contributed by atoms with E-state index in [0.717, 1.165) is 5.56 Å². The third-order valence-electron chi connectivity index (χ3n) is 1.88. The van der Waals surface area contributed by atoms with Crippen LogP contribution in [0.3, 0.4) is 0 Å². The molecule has 1 rings (SSSR count). The lowest BCUT2D eigenvalue weighted by Crippen LogP contribution is -2.26. The first-order valence-electron chi connectivity index (χ1n) is 4.49. The van der Waals surface area contributed by atoms with Crippen molar-refractivity contribution >= 4 is 17.5 Å². The fourth-order valence-electron chi connectivity index (χ4n) is 1.11. The standard InChI is InChI=1S/C10H13ClN2O/c1-8(13-10(14)4-5-11)9-3-2-6-12-7-9/h2-3,6-8H,4-5H2,1H3,(H,13,14)/t8-/m1/s1. The average Bonchev–Trinajstić information content (AvgIpc) is 2.19. The van der Waals surface area contributed by atoms with E-state index in [4.69, 9.17) is 11.6 Å². The Morgan fingerprint density at radius 2 is 2.50 bits per heavy atom. The van der Waals surface area contributed by atoms with Gasteiger partial charge in [0.25, 0.3) is 0 Å². The molecule has 1 aromatic rings. The predicted molar refractivity (Wildman–Crippen MR) is 56.1 cm³/mol. The second-order valence-electron chi connectivity index (χ2n) is 3.01. The van der Waals surface area contributed by atoms with Crippen LogP contribution in [0.25, 0.3) is 0 Å². The van der Waals surface area contributed by atoms with Crippen molar-refractivity contribution in [2.75, 3.05) is 5.88 Å². The molecule has 0 aliphatic heterocycles. The summed E-state index contributed by atoms with van der Waals surface area (Å²) in [4.78, 5) is 15.2. The lowest BCUT2D eigenvalue weighted by Gasteiger charge is -2.12. The van der Waals surface area contributed by atoms with Crippen LogP contribution in [0.4, 0.5) is 0 Å². The predicted octanol–water partition coefficient (Wildman–Crippen LogP) is 1.89. The van der Waals surface area contributed by atoms with Gasteiger partial charge < -0.3 is 5.32 Å². The lowest BCUT2D eigenvalue weighted by atomic mass is 10.1. The van der Waals surface area contributed by atoms with Crippen LogP contribution >= 0.6 is 11.6 Å². The van der Waals surface area contributed by atoms with Crippen molar-refractivity contribution in [3.05, 3.63) is 30.1 Å². The summed E-state index contributed by atoms with van der Waals surface area (Å²) in [6.45, 7) is 1.92. The Kier molecular flexibility index (Phi) is 4.40. The number of amides is 1. The molecule has 0 aromatic carbocycles. The quantitative estimate of drug-likeness (QED) is 0.775. The first kappa shape index (κ1) is 11.0. The molecule has 0 fully saturated rings. The van der Waals surface area contributed by atoms with Crippen LogP contribution in [0.15, 0.2) is 24.5 Å². The summed E-state index contributed by atoms with van der Waals surface area (Å²) >= 11 is 5.45. The number of rotatable bonds is 4. The van der Waals surface area contributed by atoms with Crippen molar-refractivity contribution < 1.29 is 4.79 Å². The molecule has 14 heavy (non-hydrogen) atoms. The normalized spacial score (nSPS) is 12.1. The third kappa shape index (κ3) is 3.34. The van der Waals surface area contributed by atoms with Gasteiger partial charge in [0.05, 0.1) is 6.04 Å². The largest absolute Gasteiger partial charge is 0.349 e. The van der Waals surface area contributed by atoms with E-state index in [2.05, 4.69) is 10.3 Å². The summed E-state index contributed by atoms with van der Waals surface area (Å²) in [5, 5.41) is 2.83. The molecule has 0 radical (unpaired) electrons. The maximum absolute atomic E-state index is 11.2. The molecule has 1 N–H and O–H groups in total. The van der Waals surface area contributed by atoms with Gasteiger partial charge in [-0.1, -0.05) is 6.07 Å². The first-order valence-corrected chi connectivity index (χ1v) is 5.02. The molecule has 0 unspecified atom stereocenters. The van der Waals surface area contributed by atoms with E-state index in [1.165, 1.54) is 0 Å². The molecule has 0 saturated heterocycles. The number of carbonyl (C=O) groups is 1. The Bertz CT molecular complexity index is 289. The molecule has 0 bridgehead atoms. The monoisotopic (exact) mass is 212 g/mol. The van der Waals surface area contributed by atoms with Gasteiger partial charge in [-0.3, -0.25) is 9.78 Å². The molecule has 1 aromatic heterocycles. The first-order chi connectivity index (χ1) is 6.74. The van der Waals surface area contributed by atoms with Crippen molar-refractivity contribution in [3.63, 3.8) is 0 Å². The second-order valence-corrected chi connectivity index (χ2v) is 3.39. The zero-order valence-corrected chi connectivity index (χ0v) is 8.79. The van der Waals surface area contributed by atoms with Crippen molar-refractivity contribution in [2.24, 2.45) is 0 Å². The highest BCUT2D eigenvalue weighted by atomic mass is 35.5. The molecule has 0 saturated carbocycles. The van der Waals surface area contributed by atoms with Crippen LogP contribution in [0, 0.1) is 0 Å². The number of alkyl halides is 1. The Labute approximate surface area is 88.5 Å². The van der Waals surface area contributed by atoms with Gasteiger partial charge in [0.1, 0.15) is 0 Å². The molecule has 76 valence electrons. The molecular weight excluding hydrogens is 200 g/mol. The molecule has 1 amide bonds. The summed E-state index contributed by atoms with van der Waals surface area (Å²) in [6, 6.07) is 3.76. The average molecular weight is 213 g/mol. The van der Waals surface area contributed by atoms with Crippen molar-refractivity contribution in [2.45, 2.75) is 19.4 Å². The van der Waals surface area contributed by atoms with Gasteiger partial charge in [-0.05, 0) is 18.6 Å². The smallest absolute Gasteiger partial charge is 0.221 e. The van der Waals surface area contributed by atoms with Gasteiger partial charge >= 0.3 is 0 Å². The van der Waals surface area contributed by atoms with Crippen LogP contribution < -0.4 is 5.32 Å². The molecule has 1 heterocycles. The number of aromatic nitrogens is 1. The van der Waals surface area contributed by atoms with E-state index < -0.39 is 0 Å². The number of nitrogens with one attached hydrogen (secondary N) is 1. The minimum Gasteiger partial charge on any atom is -0.349 e. The Morgan fingerprint density at radius 3 is 3.07 bits per heavy atom. The topological polar surface area (TPSA) is 42.0 Å². The summed E-state index contributed by atoms with van der Waals surface area (Å²) in [6.07, 6.45) is 3.80. The highest BCUT2D eigenvalue weighted by molar-refractivity contribution is 6.18. The lowest BCUT2D eigenvalue weighted by molar-refractivity contribution is -0.121. The van der Waals surface area contributed by atoms with E-state index in [0.29, 0.717) is 12.3 Å². The number of halogens is 1. The molecule has 0 aliphatic rings. The van der Waals surface area contributed by atoms with Crippen LogP contribution in [0.1, 0.15) is 24.9 Å². The molecule has 3 nitrogen and oxygen atoms in total. The van der Waals surface area contributed by atoms with E-state index in [1.54, 1.807) is 12.4 Å². The molecule has 0 aliphatic carbocycles. The van der Waals surface area contributed by atoms with Gasteiger partial charge in [0, 0.05) is 24.7 Å². The number of hydrogen-bond acceptors (Lipinski definition) is 2. The summed E-state index contributed by atoms with van der Waals surface area (Å²) < 4.78 is 0. The maximum Gasteiger partial charge on any atom is 0.221 e. The fraction of sp³-hybridized carbons (Fsp3) is 0.400. The number of nitrogens with zero attached hydrogens (tertiary/aromatic N) is 1. The third-order valence-corrected chi connectivity index (χ3v) is 2.07. The SMILES string of the molecule is C[C@@H](NC(=O)CCCl)c1cccnc1. The highest BCUT2D eigenvalue weighted by Crippen LogP contribution is 2.09. The molecule has 4 heteroatoms. The van der Waals surface area contributed by atoms with Gasteiger partial charge in [0.15, 0.2) is 0 Å². The van der Waals surface area contributed by atoms with E-state index in [9.17, 15) is 4.79 Å². The van der Waals surface area contributed by atoms with Crippen LogP contribution in [0.5, 0.6) is 0 Å². The van der Waals surface area contributed by atoms with E-state index in [1.807, 2.05) is 19.1 Å². The van der Waals surface area contributed by atoms with Gasteiger partial charge in [-0.25, -0.2) is 0 Å². The molecule has 1 atom stereocenters. The van der Waals surface area contributed by atoms with Gasteiger partial charge in [0.2, 0.25) is 5.91 Å². The van der Waals surface area contributed by atoms with Crippen molar-refractivity contribution in [1.82, 2.24) is 10.3 Å². The minimum atomic E-state index is -0.0312. The number of pyridine rings is 1. The zero-order valence-electron chi connectivity index (χ0n) is 8.03. The van der Waals surface area contributed by atoms with E-state index >= 15 is 0 Å². The van der Waals surface area contributed by atoms with Gasteiger partial charge in [-0.2, -0.15) is 0 Å². The Balaban J connectivity index is 2.50. The Hall–Kier alpha value is -1.09. The minimum absolute atomic E-state index is 0.0144. The number of carbonyl (C=O) groups excluding carboxylic acids is 1. The summed E-state index contributed by atoms with van der Waals surface area (Å²) in [7, 11) is 0. The second kappa shape index (κ2) is 5.60. The molecule has 0 spiro atoms. The summed E-state index contributed by atoms with van der Waals surface area (Å²) in [5.74, 6) is 0.322. The highest BCUT2D eigenvalue weighted by Gasteiger charge is 2.08. The number of hydrogen-bond donors (Lipinski definition) is 1. The van der Waals surface area contributed by atoms with Crippen LogP contribution in [-0.2, 0) is 4.79 Å². The van der Waals surface area contributed by atoms with Crippen molar-refractivity contribution in [3.8, 4) is 0 Å². The molecular formula is C10H13ClN2O. The van der Waals surface area contributed by atoms with Crippen molar-refractivity contribution in [1.29, 1.82) is 0 Å². The van der Waals surface area contributed by atoms with Gasteiger partial charge in [-0.15, -0.1) is 11.6 Å².